The lowest BCUT2D eigenvalue weighted by Gasteiger charge is -2.29. The summed E-state index contributed by atoms with van der Waals surface area (Å²) in [7, 11) is 0. The predicted molar refractivity (Wildman–Crippen MR) is 97.6 cm³/mol. The molecule has 0 bridgehead atoms. The third kappa shape index (κ3) is 3.72. The van der Waals surface area contributed by atoms with Gasteiger partial charge in [-0.3, -0.25) is 9.69 Å². The first kappa shape index (κ1) is 16.8. The molecular formula is C17H18Cl2N2OS. The molecule has 1 fully saturated rings. The van der Waals surface area contributed by atoms with Crippen LogP contribution in [-0.4, -0.2) is 23.4 Å². The van der Waals surface area contributed by atoms with Gasteiger partial charge in [0.2, 0.25) is 5.91 Å². The number of hydrogen-bond acceptors (Lipinski definition) is 3. The smallest absolute Gasteiger partial charge is 0.241 e. The lowest BCUT2D eigenvalue weighted by Crippen LogP contribution is -2.41. The summed E-state index contributed by atoms with van der Waals surface area (Å²) in [5, 5.41) is 6.01. The molecule has 3 nitrogen and oxygen atoms in total. The van der Waals surface area contributed by atoms with E-state index in [0.29, 0.717) is 21.8 Å². The molecule has 1 saturated heterocycles. The predicted octanol–water partition coefficient (Wildman–Crippen LogP) is 5.22. The van der Waals surface area contributed by atoms with Crippen molar-refractivity contribution < 1.29 is 4.79 Å². The van der Waals surface area contributed by atoms with Crippen LogP contribution in [0.5, 0.6) is 0 Å². The number of nitrogens with one attached hydrogen (secondary N) is 1. The molecule has 0 aliphatic carbocycles. The van der Waals surface area contributed by atoms with Gasteiger partial charge in [-0.05, 0) is 56.0 Å². The van der Waals surface area contributed by atoms with E-state index in [1.807, 2.05) is 6.92 Å². The van der Waals surface area contributed by atoms with Crippen molar-refractivity contribution in [2.75, 3.05) is 11.9 Å². The minimum atomic E-state index is -0.212. The first-order chi connectivity index (χ1) is 11.1. The highest BCUT2D eigenvalue weighted by Gasteiger charge is 2.33. The van der Waals surface area contributed by atoms with E-state index in [1.165, 1.54) is 4.88 Å². The number of carbonyl (C=O) groups is 1. The van der Waals surface area contributed by atoms with Gasteiger partial charge in [0, 0.05) is 15.9 Å². The average Bonchev–Trinajstić information content (AvgIpc) is 3.19. The molecule has 122 valence electrons. The largest absolute Gasteiger partial charge is 0.323 e. The highest BCUT2D eigenvalue weighted by molar-refractivity contribution is 7.10. The first-order valence-electron chi connectivity index (χ1n) is 7.61. The number of benzene rings is 1. The van der Waals surface area contributed by atoms with Crippen molar-refractivity contribution in [1.29, 1.82) is 0 Å². The molecule has 0 spiro atoms. The summed E-state index contributed by atoms with van der Waals surface area (Å²) in [5.41, 5.74) is 0.597. The van der Waals surface area contributed by atoms with Crippen LogP contribution in [0, 0.1) is 0 Å². The van der Waals surface area contributed by atoms with Crippen molar-refractivity contribution in [2.45, 2.75) is 31.8 Å². The zero-order chi connectivity index (χ0) is 16.4. The molecule has 2 aromatic rings. The Morgan fingerprint density at radius 1 is 1.39 bits per heavy atom. The molecule has 3 rings (SSSR count). The lowest BCUT2D eigenvalue weighted by molar-refractivity contribution is -0.121. The third-order valence-corrected chi connectivity index (χ3v) is 5.75. The van der Waals surface area contributed by atoms with E-state index in [9.17, 15) is 4.79 Å². The second-order valence-electron chi connectivity index (χ2n) is 5.70. The van der Waals surface area contributed by atoms with Crippen molar-refractivity contribution in [1.82, 2.24) is 4.90 Å². The summed E-state index contributed by atoms with van der Waals surface area (Å²) in [6.07, 6.45) is 2.21. The van der Waals surface area contributed by atoms with Gasteiger partial charge in [0.05, 0.1) is 16.8 Å². The summed E-state index contributed by atoms with van der Waals surface area (Å²) in [5.74, 6) is -0.0438. The monoisotopic (exact) mass is 368 g/mol. The van der Waals surface area contributed by atoms with E-state index in [2.05, 4.69) is 27.7 Å². The Morgan fingerprint density at radius 2 is 2.22 bits per heavy atom. The van der Waals surface area contributed by atoms with Crippen LogP contribution in [0.2, 0.25) is 10.0 Å². The number of amides is 1. The fraction of sp³-hybridized carbons (Fsp3) is 0.353. The summed E-state index contributed by atoms with van der Waals surface area (Å²) >= 11 is 13.8. The summed E-state index contributed by atoms with van der Waals surface area (Å²) < 4.78 is 0. The number of anilines is 1. The van der Waals surface area contributed by atoms with E-state index in [4.69, 9.17) is 23.2 Å². The van der Waals surface area contributed by atoms with Crippen LogP contribution in [0.25, 0.3) is 0 Å². The van der Waals surface area contributed by atoms with Crippen molar-refractivity contribution in [2.24, 2.45) is 0 Å². The van der Waals surface area contributed by atoms with Crippen LogP contribution < -0.4 is 5.32 Å². The summed E-state index contributed by atoms with van der Waals surface area (Å²) in [6.45, 7) is 2.89. The molecule has 1 amide bonds. The normalized spacial score (nSPS) is 19.7. The molecule has 1 aromatic heterocycles. The fourth-order valence-corrected chi connectivity index (χ4v) is 4.36. The van der Waals surface area contributed by atoms with E-state index in [-0.39, 0.29) is 11.9 Å². The van der Waals surface area contributed by atoms with Crippen LogP contribution in [-0.2, 0) is 4.79 Å². The number of likely N-dealkylation sites (tertiary alicyclic amines) is 1. The minimum Gasteiger partial charge on any atom is -0.323 e. The van der Waals surface area contributed by atoms with E-state index < -0.39 is 0 Å². The number of halogens is 2. The molecule has 2 heterocycles. The fourth-order valence-electron chi connectivity index (χ4n) is 3.02. The van der Waals surface area contributed by atoms with Crippen LogP contribution in [0.4, 0.5) is 5.69 Å². The zero-order valence-electron chi connectivity index (χ0n) is 12.8. The summed E-state index contributed by atoms with van der Waals surface area (Å²) in [6, 6.07) is 9.41. The van der Waals surface area contributed by atoms with Gasteiger partial charge in [0.1, 0.15) is 0 Å². The van der Waals surface area contributed by atoms with E-state index >= 15 is 0 Å². The van der Waals surface area contributed by atoms with Gasteiger partial charge in [0.15, 0.2) is 0 Å². The highest BCUT2D eigenvalue weighted by atomic mass is 35.5. The van der Waals surface area contributed by atoms with Gasteiger partial charge >= 0.3 is 0 Å². The van der Waals surface area contributed by atoms with Crippen LogP contribution in [0.1, 0.15) is 30.7 Å². The van der Waals surface area contributed by atoms with Crippen molar-refractivity contribution in [3.63, 3.8) is 0 Å². The SMILES string of the molecule is C[C@@H](C(=O)Nc1ccc(Cl)cc1Cl)N1CCC[C@H]1c1cccs1. The van der Waals surface area contributed by atoms with Gasteiger partial charge in [-0.25, -0.2) is 0 Å². The van der Waals surface area contributed by atoms with E-state index in [0.717, 1.165) is 19.4 Å². The second kappa shape index (κ2) is 7.22. The maximum atomic E-state index is 12.6. The Kier molecular flexibility index (Phi) is 5.27. The van der Waals surface area contributed by atoms with Crippen molar-refractivity contribution >= 4 is 46.1 Å². The van der Waals surface area contributed by atoms with Crippen LogP contribution >= 0.6 is 34.5 Å². The maximum absolute atomic E-state index is 12.6. The van der Waals surface area contributed by atoms with E-state index in [1.54, 1.807) is 29.5 Å². The lowest BCUT2D eigenvalue weighted by atomic mass is 10.1. The topological polar surface area (TPSA) is 32.3 Å². The Morgan fingerprint density at radius 3 is 2.91 bits per heavy atom. The third-order valence-electron chi connectivity index (χ3n) is 4.23. The van der Waals surface area contributed by atoms with Gasteiger partial charge in [0.25, 0.3) is 0 Å². The van der Waals surface area contributed by atoms with Gasteiger partial charge in [-0.1, -0.05) is 29.3 Å². The van der Waals surface area contributed by atoms with Gasteiger partial charge < -0.3 is 5.32 Å². The molecule has 2 atom stereocenters. The Hall–Kier alpha value is -1.07. The quantitative estimate of drug-likeness (QED) is 0.802. The summed E-state index contributed by atoms with van der Waals surface area (Å²) in [4.78, 5) is 16.2. The molecule has 1 aromatic carbocycles. The minimum absolute atomic E-state index is 0.0438. The molecule has 6 heteroatoms. The molecule has 1 aliphatic heterocycles. The molecule has 0 unspecified atom stereocenters. The standard InChI is InChI=1S/C17H18Cl2N2OS/c1-11(17(22)20-14-7-6-12(18)10-13(14)19)21-8-2-4-15(21)16-5-3-9-23-16/h3,5-7,9-11,15H,2,4,8H2,1H3,(H,20,22)/t11-,15-/m0/s1. The molecule has 1 aliphatic rings. The van der Waals surface area contributed by atoms with Crippen LogP contribution in [0.3, 0.4) is 0 Å². The number of carbonyl (C=O) groups excluding carboxylic acids is 1. The number of thiophene rings is 1. The molecule has 0 radical (unpaired) electrons. The van der Waals surface area contributed by atoms with Crippen molar-refractivity contribution in [3.8, 4) is 0 Å². The highest BCUT2D eigenvalue weighted by Crippen LogP contribution is 2.36. The average molecular weight is 369 g/mol. The Bertz CT molecular complexity index is 690. The molecule has 0 saturated carbocycles. The van der Waals surface area contributed by atoms with Crippen LogP contribution in [0.15, 0.2) is 35.7 Å². The van der Waals surface area contributed by atoms with Crippen molar-refractivity contribution in [3.05, 3.63) is 50.6 Å². The zero-order valence-corrected chi connectivity index (χ0v) is 15.1. The Labute approximate surface area is 150 Å². The molecule has 23 heavy (non-hydrogen) atoms. The maximum Gasteiger partial charge on any atom is 0.241 e. The first-order valence-corrected chi connectivity index (χ1v) is 9.25. The number of hydrogen-bond donors (Lipinski definition) is 1. The number of nitrogens with zero attached hydrogens (tertiary/aromatic N) is 1. The number of rotatable bonds is 4. The Balaban J connectivity index is 1.71. The molecular weight excluding hydrogens is 351 g/mol. The van der Waals surface area contributed by atoms with Gasteiger partial charge in [-0.2, -0.15) is 0 Å². The van der Waals surface area contributed by atoms with Gasteiger partial charge in [-0.15, -0.1) is 11.3 Å². The second-order valence-corrected chi connectivity index (χ2v) is 7.52. The molecule has 1 N–H and O–H groups in total.